The highest BCUT2D eigenvalue weighted by atomic mass is 16.5. The van der Waals surface area contributed by atoms with E-state index < -0.39 is 0 Å². The summed E-state index contributed by atoms with van der Waals surface area (Å²) in [5.41, 5.74) is 1.88. The number of rotatable bonds is 8. The number of nitrogens with zero attached hydrogens (tertiary/aromatic N) is 3. The standard InChI is InChI=1S/C21H28N4O2/c1-24-12-7-8-19(24)21(26)23-10-3-6-15-27-20-16-18(9-11-22-20)17-25-13-4-2-5-14-25/h3,6-9,11-12,16H,2,4-5,10,13-15,17H2,1H3,(H,23,26). The highest BCUT2D eigenvalue weighted by Gasteiger charge is 2.11. The Morgan fingerprint density at radius 3 is 2.89 bits per heavy atom. The van der Waals surface area contributed by atoms with Gasteiger partial charge in [-0.1, -0.05) is 12.5 Å². The number of amides is 1. The van der Waals surface area contributed by atoms with E-state index in [1.54, 1.807) is 16.8 Å². The molecule has 0 unspecified atom stereocenters. The molecular weight excluding hydrogens is 340 g/mol. The highest BCUT2D eigenvalue weighted by Crippen LogP contribution is 2.15. The maximum absolute atomic E-state index is 12.0. The molecule has 1 aliphatic heterocycles. The summed E-state index contributed by atoms with van der Waals surface area (Å²) in [6, 6.07) is 7.71. The predicted molar refractivity (Wildman–Crippen MR) is 106 cm³/mol. The van der Waals surface area contributed by atoms with Gasteiger partial charge in [-0.3, -0.25) is 9.69 Å². The Balaban J connectivity index is 1.38. The van der Waals surface area contributed by atoms with E-state index in [-0.39, 0.29) is 5.91 Å². The van der Waals surface area contributed by atoms with Crippen molar-refractivity contribution in [3.8, 4) is 5.88 Å². The average Bonchev–Trinajstić information content (AvgIpc) is 3.11. The van der Waals surface area contributed by atoms with Crippen molar-refractivity contribution in [2.24, 2.45) is 7.05 Å². The number of nitrogens with one attached hydrogen (secondary N) is 1. The van der Waals surface area contributed by atoms with Gasteiger partial charge in [0.2, 0.25) is 5.88 Å². The average molecular weight is 368 g/mol. The van der Waals surface area contributed by atoms with Gasteiger partial charge in [-0.2, -0.15) is 0 Å². The number of carbonyl (C=O) groups is 1. The number of hydrogen-bond acceptors (Lipinski definition) is 4. The Labute approximate surface area is 160 Å². The highest BCUT2D eigenvalue weighted by molar-refractivity contribution is 5.92. The van der Waals surface area contributed by atoms with Crippen LogP contribution in [0.2, 0.25) is 0 Å². The Morgan fingerprint density at radius 2 is 2.11 bits per heavy atom. The van der Waals surface area contributed by atoms with Crippen LogP contribution in [0.4, 0.5) is 0 Å². The number of carbonyl (C=O) groups excluding carboxylic acids is 1. The molecule has 1 aliphatic rings. The first-order chi connectivity index (χ1) is 13.2. The summed E-state index contributed by atoms with van der Waals surface area (Å²) in [6.07, 6.45) is 11.4. The number of aromatic nitrogens is 2. The van der Waals surface area contributed by atoms with E-state index in [4.69, 9.17) is 4.74 Å². The summed E-state index contributed by atoms with van der Waals surface area (Å²) in [6.45, 7) is 4.21. The van der Waals surface area contributed by atoms with Gasteiger partial charge >= 0.3 is 0 Å². The summed E-state index contributed by atoms with van der Waals surface area (Å²) in [4.78, 5) is 18.7. The summed E-state index contributed by atoms with van der Waals surface area (Å²) in [5.74, 6) is 0.558. The fraction of sp³-hybridized carbons (Fsp3) is 0.429. The quantitative estimate of drug-likeness (QED) is 0.728. The van der Waals surface area contributed by atoms with Gasteiger partial charge < -0.3 is 14.6 Å². The van der Waals surface area contributed by atoms with Crippen LogP contribution in [0.1, 0.15) is 35.3 Å². The van der Waals surface area contributed by atoms with Crippen LogP contribution < -0.4 is 10.1 Å². The lowest BCUT2D eigenvalue weighted by atomic mass is 10.1. The molecule has 0 spiro atoms. The van der Waals surface area contributed by atoms with Gasteiger partial charge in [-0.25, -0.2) is 4.98 Å². The molecule has 0 aliphatic carbocycles. The van der Waals surface area contributed by atoms with E-state index >= 15 is 0 Å². The van der Waals surface area contributed by atoms with Gasteiger partial charge in [0.05, 0.1) is 0 Å². The van der Waals surface area contributed by atoms with E-state index in [1.807, 2.05) is 37.5 Å². The molecule has 2 aromatic rings. The lowest BCUT2D eigenvalue weighted by Gasteiger charge is -2.26. The zero-order valence-electron chi connectivity index (χ0n) is 15.9. The van der Waals surface area contributed by atoms with Crippen LogP contribution in [0, 0.1) is 0 Å². The van der Waals surface area contributed by atoms with E-state index in [1.165, 1.54) is 37.9 Å². The van der Waals surface area contributed by atoms with Crippen molar-refractivity contribution in [1.82, 2.24) is 19.8 Å². The molecule has 2 aromatic heterocycles. The van der Waals surface area contributed by atoms with Gasteiger partial charge in [0.1, 0.15) is 12.3 Å². The summed E-state index contributed by atoms with van der Waals surface area (Å²) < 4.78 is 7.50. The zero-order valence-corrected chi connectivity index (χ0v) is 15.9. The first kappa shape index (κ1) is 19.2. The third kappa shape index (κ3) is 5.96. The van der Waals surface area contributed by atoms with Crippen molar-refractivity contribution in [2.45, 2.75) is 25.8 Å². The Morgan fingerprint density at radius 1 is 1.26 bits per heavy atom. The van der Waals surface area contributed by atoms with E-state index in [2.05, 4.69) is 21.3 Å². The summed E-state index contributed by atoms with van der Waals surface area (Å²) in [7, 11) is 1.85. The SMILES string of the molecule is Cn1cccc1C(=O)NCC=CCOc1cc(CN2CCCCC2)ccn1. The Kier molecular flexibility index (Phi) is 7.04. The monoisotopic (exact) mass is 368 g/mol. The van der Waals surface area contributed by atoms with Crippen LogP contribution in [0.3, 0.4) is 0 Å². The number of hydrogen-bond donors (Lipinski definition) is 1. The van der Waals surface area contributed by atoms with Crippen LogP contribution in [-0.4, -0.2) is 46.6 Å². The first-order valence-corrected chi connectivity index (χ1v) is 9.57. The van der Waals surface area contributed by atoms with Gasteiger partial charge in [0.25, 0.3) is 5.91 Å². The second-order valence-corrected chi connectivity index (χ2v) is 6.84. The normalized spacial score (nSPS) is 15.1. The van der Waals surface area contributed by atoms with E-state index in [9.17, 15) is 4.79 Å². The lowest BCUT2D eigenvalue weighted by molar-refractivity contribution is 0.0950. The van der Waals surface area contributed by atoms with E-state index in [0.29, 0.717) is 24.7 Å². The molecule has 1 amide bonds. The van der Waals surface area contributed by atoms with Crippen LogP contribution in [0.15, 0.2) is 48.8 Å². The minimum atomic E-state index is -0.0832. The van der Waals surface area contributed by atoms with Crippen molar-refractivity contribution < 1.29 is 9.53 Å². The molecular formula is C21H28N4O2. The van der Waals surface area contributed by atoms with Crippen molar-refractivity contribution >= 4 is 5.91 Å². The summed E-state index contributed by atoms with van der Waals surface area (Å²) in [5, 5.41) is 2.86. The molecule has 0 atom stereocenters. The number of pyridine rings is 1. The van der Waals surface area contributed by atoms with E-state index in [0.717, 1.165) is 6.54 Å². The lowest BCUT2D eigenvalue weighted by Crippen LogP contribution is -2.29. The van der Waals surface area contributed by atoms with Crippen molar-refractivity contribution in [3.05, 3.63) is 60.1 Å². The maximum Gasteiger partial charge on any atom is 0.268 e. The largest absolute Gasteiger partial charge is 0.473 e. The van der Waals surface area contributed by atoms with Crippen LogP contribution in [0.25, 0.3) is 0 Å². The number of aryl methyl sites for hydroxylation is 1. The zero-order chi connectivity index (χ0) is 18.9. The predicted octanol–water partition coefficient (Wildman–Crippen LogP) is 2.77. The Bertz CT molecular complexity index is 763. The molecule has 144 valence electrons. The van der Waals surface area contributed by atoms with Crippen molar-refractivity contribution in [1.29, 1.82) is 0 Å². The molecule has 1 saturated heterocycles. The molecule has 3 rings (SSSR count). The summed E-state index contributed by atoms with van der Waals surface area (Å²) >= 11 is 0. The smallest absolute Gasteiger partial charge is 0.268 e. The second-order valence-electron chi connectivity index (χ2n) is 6.84. The number of piperidine rings is 1. The molecule has 3 heterocycles. The molecule has 0 saturated carbocycles. The molecule has 6 heteroatoms. The van der Waals surface area contributed by atoms with Gasteiger partial charge in [-0.05, 0) is 55.8 Å². The number of ether oxygens (including phenoxy) is 1. The van der Waals surface area contributed by atoms with Crippen LogP contribution >= 0.6 is 0 Å². The number of likely N-dealkylation sites (tertiary alicyclic amines) is 1. The molecule has 27 heavy (non-hydrogen) atoms. The maximum atomic E-state index is 12.0. The molecule has 6 nitrogen and oxygen atoms in total. The van der Waals surface area contributed by atoms with Crippen LogP contribution in [0.5, 0.6) is 5.88 Å². The Hall–Kier alpha value is -2.60. The van der Waals surface area contributed by atoms with Gasteiger partial charge in [0.15, 0.2) is 0 Å². The third-order valence-electron chi connectivity index (χ3n) is 4.71. The minimum Gasteiger partial charge on any atom is -0.473 e. The molecule has 0 bridgehead atoms. The fourth-order valence-corrected chi connectivity index (χ4v) is 3.23. The molecule has 1 N–H and O–H groups in total. The van der Waals surface area contributed by atoms with Crippen LogP contribution in [-0.2, 0) is 13.6 Å². The van der Waals surface area contributed by atoms with Crippen molar-refractivity contribution in [2.75, 3.05) is 26.2 Å². The minimum absolute atomic E-state index is 0.0832. The second kappa shape index (κ2) is 9.92. The van der Waals surface area contributed by atoms with Gasteiger partial charge in [-0.15, -0.1) is 0 Å². The fourth-order valence-electron chi connectivity index (χ4n) is 3.23. The molecule has 0 aromatic carbocycles. The van der Waals surface area contributed by atoms with Crippen molar-refractivity contribution in [3.63, 3.8) is 0 Å². The topological polar surface area (TPSA) is 59.4 Å². The third-order valence-corrected chi connectivity index (χ3v) is 4.71. The first-order valence-electron chi connectivity index (χ1n) is 9.57. The molecule has 1 fully saturated rings. The van der Waals surface area contributed by atoms with Gasteiger partial charge in [0, 0.05) is 38.6 Å². The molecule has 0 radical (unpaired) electrons.